The Kier molecular flexibility index (Phi) is 8.88. The van der Waals surface area contributed by atoms with E-state index in [2.05, 4.69) is 0 Å². The monoisotopic (exact) mass is 176 g/mol. The minimum atomic E-state index is 0.184. The van der Waals surface area contributed by atoms with Gasteiger partial charge in [-0.3, -0.25) is 0 Å². The Morgan fingerprint density at radius 1 is 1.33 bits per heavy atom. The quantitative estimate of drug-likeness (QED) is 0.565. The van der Waals surface area contributed by atoms with E-state index in [0.717, 1.165) is 26.1 Å². The zero-order valence-electron chi connectivity index (χ0n) is 8.08. The fraction of sp³-hybridized carbons (Fsp3) is 1.00. The summed E-state index contributed by atoms with van der Waals surface area (Å²) in [6.45, 7) is 6.33. The maximum absolute atomic E-state index is 8.48. The van der Waals surface area contributed by atoms with Gasteiger partial charge in [0.15, 0.2) is 0 Å². The molecule has 1 atom stereocenters. The lowest BCUT2D eigenvalue weighted by atomic mass is 10.3. The molecule has 0 aliphatic heterocycles. The van der Waals surface area contributed by atoms with Crippen LogP contribution in [0.5, 0.6) is 0 Å². The number of ether oxygens (including phenoxy) is 2. The van der Waals surface area contributed by atoms with Crippen molar-refractivity contribution in [3.05, 3.63) is 0 Å². The molecule has 0 aromatic rings. The normalized spacial score (nSPS) is 13.2. The highest BCUT2D eigenvalue weighted by Crippen LogP contribution is 1.94. The predicted molar refractivity (Wildman–Crippen MR) is 48.2 cm³/mol. The van der Waals surface area contributed by atoms with E-state index in [-0.39, 0.29) is 12.7 Å². The topological polar surface area (TPSA) is 38.7 Å². The summed E-state index contributed by atoms with van der Waals surface area (Å²) < 4.78 is 10.6. The summed E-state index contributed by atoms with van der Waals surface area (Å²) >= 11 is 0. The van der Waals surface area contributed by atoms with Gasteiger partial charge in [-0.25, -0.2) is 0 Å². The molecule has 0 aromatic heterocycles. The highest BCUT2D eigenvalue weighted by Gasteiger charge is 1.99. The molecule has 0 bridgehead atoms. The Labute approximate surface area is 74.7 Å². The molecule has 3 heteroatoms. The Morgan fingerprint density at radius 3 is 2.67 bits per heavy atom. The van der Waals surface area contributed by atoms with E-state index in [1.807, 2.05) is 13.8 Å². The van der Waals surface area contributed by atoms with E-state index in [9.17, 15) is 0 Å². The van der Waals surface area contributed by atoms with Crippen molar-refractivity contribution in [3.8, 4) is 0 Å². The highest BCUT2D eigenvalue weighted by molar-refractivity contribution is 4.46. The first kappa shape index (κ1) is 11.9. The summed E-state index contributed by atoms with van der Waals surface area (Å²) in [4.78, 5) is 0. The zero-order valence-corrected chi connectivity index (χ0v) is 8.08. The molecule has 0 fully saturated rings. The summed E-state index contributed by atoms with van der Waals surface area (Å²) in [5, 5.41) is 8.48. The Hall–Kier alpha value is -0.120. The van der Waals surface area contributed by atoms with Gasteiger partial charge in [0.1, 0.15) is 0 Å². The van der Waals surface area contributed by atoms with E-state index in [1.54, 1.807) is 0 Å². The van der Waals surface area contributed by atoms with Crippen molar-refractivity contribution in [1.82, 2.24) is 0 Å². The van der Waals surface area contributed by atoms with Crippen molar-refractivity contribution in [3.63, 3.8) is 0 Å². The van der Waals surface area contributed by atoms with Crippen LogP contribution in [-0.2, 0) is 9.47 Å². The van der Waals surface area contributed by atoms with Gasteiger partial charge in [0.05, 0.1) is 12.7 Å². The van der Waals surface area contributed by atoms with Gasteiger partial charge >= 0.3 is 0 Å². The molecule has 0 aromatic carbocycles. The van der Waals surface area contributed by atoms with Crippen LogP contribution in [0.4, 0.5) is 0 Å². The van der Waals surface area contributed by atoms with Gasteiger partial charge in [-0.2, -0.15) is 0 Å². The van der Waals surface area contributed by atoms with Crippen LogP contribution in [0.3, 0.4) is 0 Å². The van der Waals surface area contributed by atoms with Gasteiger partial charge in [0.2, 0.25) is 0 Å². The maximum atomic E-state index is 8.48. The lowest BCUT2D eigenvalue weighted by Gasteiger charge is -2.11. The molecule has 0 spiro atoms. The molecule has 1 unspecified atom stereocenters. The van der Waals surface area contributed by atoms with Crippen molar-refractivity contribution in [2.75, 3.05) is 26.4 Å². The summed E-state index contributed by atoms with van der Waals surface area (Å²) in [6, 6.07) is 0. The van der Waals surface area contributed by atoms with Crippen LogP contribution in [0, 0.1) is 0 Å². The molecule has 0 amide bonds. The second-order valence-electron chi connectivity index (χ2n) is 2.77. The number of hydrogen-bond donors (Lipinski definition) is 1. The lowest BCUT2D eigenvalue weighted by molar-refractivity contribution is -0.00283. The molecule has 74 valence electrons. The van der Waals surface area contributed by atoms with Crippen molar-refractivity contribution >= 4 is 0 Å². The number of unbranched alkanes of at least 4 members (excludes halogenated alkanes) is 1. The van der Waals surface area contributed by atoms with Gasteiger partial charge in [0.25, 0.3) is 0 Å². The zero-order chi connectivity index (χ0) is 9.23. The maximum Gasteiger partial charge on any atom is 0.0780 e. The fourth-order valence-electron chi connectivity index (χ4n) is 0.898. The van der Waals surface area contributed by atoms with E-state index < -0.39 is 0 Å². The van der Waals surface area contributed by atoms with Gasteiger partial charge in [-0.05, 0) is 26.7 Å². The molecule has 0 saturated heterocycles. The Bertz CT molecular complexity index is 85.8. The average Bonchev–Trinajstić information content (AvgIpc) is 2.05. The SMILES string of the molecule is CCOC(C)COCCCCO. The van der Waals surface area contributed by atoms with Crippen LogP contribution in [0.25, 0.3) is 0 Å². The number of rotatable bonds is 8. The number of hydrogen-bond acceptors (Lipinski definition) is 3. The molecule has 0 saturated carbocycles. The molecule has 0 aliphatic carbocycles. The summed E-state index contributed by atoms with van der Waals surface area (Å²) in [7, 11) is 0. The second-order valence-corrected chi connectivity index (χ2v) is 2.77. The van der Waals surface area contributed by atoms with Crippen molar-refractivity contribution in [2.45, 2.75) is 32.8 Å². The van der Waals surface area contributed by atoms with E-state index in [0.29, 0.717) is 6.61 Å². The highest BCUT2D eigenvalue weighted by atomic mass is 16.5. The third-order valence-electron chi connectivity index (χ3n) is 1.50. The van der Waals surface area contributed by atoms with Crippen LogP contribution in [0.15, 0.2) is 0 Å². The minimum absolute atomic E-state index is 0.184. The third kappa shape index (κ3) is 7.98. The first-order valence-electron chi connectivity index (χ1n) is 4.61. The first-order chi connectivity index (χ1) is 5.81. The molecule has 3 nitrogen and oxygen atoms in total. The van der Waals surface area contributed by atoms with Gasteiger partial charge < -0.3 is 14.6 Å². The standard InChI is InChI=1S/C9H20O3/c1-3-12-9(2)8-11-7-5-4-6-10/h9-10H,3-8H2,1-2H3. The van der Waals surface area contributed by atoms with Crippen molar-refractivity contribution < 1.29 is 14.6 Å². The molecular formula is C9H20O3. The van der Waals surface area contributed by atoms with Crippen molar-refractivity contribution in [1.29, 1.82) is 0 Å². The van der Waals surface area contributed by atoms with E-state index >= 15 is 0 Å². The Morgan fingerprint density at radius 2 is 2.08 bits per heavy atom. The molecular weight excluding hydrogens is 156 g/mol. The van der Waals surface area contributed by atoms with Gasteiger partial charge in [0, 0.05) is 19.8 Å². The largest absolute Gasteiger partial charge is 0.396 e. The van der Waals surface area contributed by atoms with Crippen LogP contribution in [0.1, 0.15) is 26.7 Å². The molecule has 1 N–H and O–H groups in total. The molecule has 0 heterocycles. The second kappa shape index (κ2) is 8.97. The summed E-state index contributed by atoms with van der Waals surface area (Å²) in [6.07, 6.45) is 1.93. The van der Waals surface area contributed by atoms with Crippen molar-refractivity contribution in [2.24, 2.45) is 0 Å². The summed E-state index contributed by atoms with van der Waals surface area (Å²) in [5.41, 5.74) is 0. The van der Waals surface area contributed by atoms with Gasteiger partial charge in [-0.15, -0.1) is 0 Å². The van der Waals surface area contributed by atoms with Crippen LogP contribution >= 0.6 is 0 Å². The molecule has 0 rings (SSSR count). The molecule has 0 radical (unpaired) electrons. The first-order valence-corrected chi connectivity index (χ1v) is 4.61. The van der Waals surface area contributed by atoms with Crippen LogP contribution in [0.2, 0.25) is 0 Å². The summed E-state index contributed by atoms with van der Waals surface area (Å²) in [5.74, 6) is 0. The average molecular weight is 176 g/mol. The van der Waals surface area contributed by atoms with E-state index in [4.69, 9.17) is 14.6 Å². The minimum Gasteiger partial charge on any atom is -0.396 e. The number of aliphatic hydroxyl groups is 1. The van der Waals surface area contributed by atoms with E-state index in [1.165, 1.54) is 0 Å². The van der Waals surface area contributed by atoms with Crippen LogP contribution in [-0.4, -0.2) is 37.6 Å². The van der Waals surface area contributed by atoms with Crippen LogP contribution < -0.4 is 0 Å². The third-order valence-corrected chi connectivity index (χ3v) is 1.50. The molecule has 0 aliphatic rings. The predicted octanol–water partition coefficient (Wildman–Crippen LogP) is 1.20. The Balaban J connectivity index is 2.97. The number of aliphatic hydroxyl groups excluding tert-OH is 1. The van der Waals surface area contributed by atoms with Gasteiger partial charge in [-0.1, -0.05) is 0 Å². The fourth-order valence-corrected chi connectivity index (χ4v) is 0.898. The molecule has 12 heavy (non-hydrogen) atoms. The lowest BCUT2D eigenvalue weighted by Crippen LogP contribution is -2.16. The smallest absolute Gasteiger partial charge is 0.0780 e.